The van der Waals surface area contributed by atoms with Crippen molar-refractivity contribution in [1.82, 2.24) is 4.98 Å². The van der Waals surface area contributed by atoms with Crippen molar-refractivity contribution in [3.8, 4) is 5.75 Å². The van der Waals surface area contributed by atoms with Crippen LogP contribution >= 0.6 is 11.6 Å². The highest BCUT2D eigenvalue weighted by Gasteiger charge is 2.20. The van der Waals surface area contributed by atoms with E-state index in [1.54, 1.807) is 49.6 Å². The van der Waals surface area contributed by atoms with Crippen LogP contribution in [0.25, 0.3) is 22.7 Å². The first-order valence-corrected chi connectivity index (χ1v) is 9.04. The molecule has 0 N–H and O–H groups in total. The van der Waals surface area contributed by atoms with E-state index in [1.807, 2.05) is 36.4 Å². The predicted octanol–water partition coefficient (Wildman–Crippen LogP) is 5.91. The number of Topliss-reactive ketones (excluding diaryl/α,β-unsaturated/α-hetero) is 1. The SMILES string of the molecule is COc1ccc(C(=O)/C(=C/c2cccc(Cl)c2)c2nc3ccccc3o2)cc1. The fourth-order valence-electron chi connectivity index (χ4n) is 2.87. The fraction of sp³-hybridized carbons (Fsp3) is 0.0435. The second-order valence-electron chi connectivity index (χ2n) is 6.16. The molecule has 28 heavy (non-hydrogen) atoms. The van der Waals surface area contributed by atoms with Crippen LogP contribution in [0.5, 0.6) is 5.75 Å². The molecule has 1 heterocycles. The highest BCUT2D eigenvalue weighted by atomic mass is 35.5. The number of fused-ring (bicyclic) bond motifs is 1. The Morgan fingerprint density at radius 2 is 1.82 bits per heavy atom. The first-order chi connectivity index (χ1) is 13.6. The molecule has 0 spiro atoms. The maximum Gasteiger partial charge on any atom is 0.231 e. The number of carbonyl (C=O) groups is 1. The summed E-state index contributed by atoms with van der Waals surface area (Å²) in [6, 6.07) is 21.6. The lowest BCUT2D eigenvalue weighted by molar-refractivity contribution is 0.105. The fourth-order valence-corrected chi connectivity index (χ4v) is 3.07. The second kappa shape index (κ2) is 7.71. The number of ether oxygens (including phenoxy) is 1. The standard InChI is InChI=1S/C23H16ClNO3/c1-27-18-11-9-16(10-12-18)22(26)19(14-15-5-4-6-17(24)13-15)23-25-20-7-2-3-8-21(20)28-23/h2-14H,1H3/b19-14-. The molecule has 4 aromatic rings. The summed E-state index contributed by atoms with van der Waals surface area (Å²) in [7, 11) is 1.58. The van der Waals surface area contributed by atoms with Crippen molar-refractivity contribution in [2.24, 2.45) is 0 Å². The van der Waals surface area contributed by atoms with Crippen molar-refractivity contribution in [1.29, 1.82) is 0 Å². The Labute approximate surface area is 167 Å². The molecule has 4 nitrogen and oxygen atoms in total. The van der Waals surface area contributed by atoms with Crippen LogP contribution in [0, 0.1) is 0 Å². The van der Waals surface area contributed by atoms with Crippen LogP contribution in [0.3, 0.4) is 0 Å². The maximum atomic E-state index is 13.3. The number of benzene rings is 3. The Morgan fingerprint density at radius 3 is 2.54 bits per heavy atom. The molecule has 0 aliphatic rings. The third kappa shape index (κ3) is 3.68. The van der Waals surface area contributed by atoms with E-state index in [-0.39, 0.29) is 11.7 Å². The molecule has 0 atom stereocenters. The van der Waals surface area contributed by atoms with Crippen LogP contribution in [0.4, 0.5) is 0 Å². The Hall–Kier alpha value is -3.37. The molecule has 0 aliphatic heterocycles. The lowest BCUT2D eigenvalue weighted by atomic mass is 10.0. The zero-order valence-corrected chi connectivity index (χ0v) is 15.8. The average molecular weight is 390 g/mol. The molecular formula is C23H16ClNO3. The quantitative estimate of drug-likeness (QED) is 0.314. The van der Waals surface area contributed by atoms with Gasteiger partial charge in [0, 0.05) is 10.6 Å². The first kappa shape index (κ1) is 18.0. The number of aromatic nitrogens is 1. The third-order valence-electron chi connectivity index (χ3n) is 4.28. The average Bonchev–Trinajstić information content (AvgIpc) is 3.15. The van der Waals surface area contributed by atoms with Crippen molar-refractivity contribution in [2.45, 2.75) is 0 Å². The number of oxazole rings is 1. The minimum Gasteiger partial charge on any atom is -0.497 e. The summed E-state index contributed by atoms with van der Waals surface area (Å²) in [5.74, 6) is 0.745. The number of para-hydroxylation sites is 2. The van der Waals surface area contributed by atoms with Crippen LogP contribution in [0.1, 0.15) is 21.8 Å². The van der Waals surface area contributed by atoms with Gasteiger partial charge in [0.2, 0.25) is 5.89 Å². The molecule has 0 radical (unpaired) electrons. The Kier molecular flexibility index (Phi) is 4.96. The van der Waals surface area contributed by atoms with Gasteiger partial charge >= 0.3 is 0 Å². The lowest BCUT2D eigenvalue weighted by Crippen LogP contribution is -2.03. The van der Waals surface area contributed by atoms with E-state index in [0.717, 1.165) is 5.56 Å². The Balaban J connectivity index is 1.83. The normalized spacial score (nSPS) is 11.6. The van der Waals surface area contributed by atoms with Crippen LogP contribution in [-0.2, 0) is 0 Å². The van der Waals surface area contributed by atoms with Gasteiger partial charge in [0.1, 0.15) is 11.3 Å². The smallest absolute Gasteiger partial charge is 0.231 e. The minimum absolute atomic E-state index is 0.200. The molecule has 0 unspecified atom stereocenters. The monoisotopic (exact) mass is 389 g/mol. The second-order valence-corrected chi connectivity index (χ2v) is 6.59. The number of hydrogen-bond donors (Lipinski definition) is 0. The minimum atomic E-state index is -0.200. The van der Waals surface area contributed by atoms with E-state index >= 15 is 0 Å². The number of hydrogen-bond acceptors (Lipinski definition) is 4. The summed E-state index contributed by atoms with van der Waals surface area (Å²) in [5.41, 5.74) is 2.96. The van der Waals surface area contributed by atoms with Crippen LogP contribution in [0.2, 0.25) is 5.02 Å². The summed E-state index contributed by atoms with van der Waals surface area (Å²) < 4.78 is 11.0. The molecule has 0 aliphatic carbocycles. The molecule has 0 bridgehead atoms. The number of allylic oxidation sites excluding steroid dienone is 1. The number of nitrogens with zero attached hydrogens (tertiary/aromatic N) is 1. The molecule has 138 valence electrons. The summed E-state index contributed by atoms with van der Waals surface area (Å²) in [4.78, 5) is 17.8. The van der Waals surface area contributed by atoms with Gasteiger partial charge in [-0.2, -0.15) is 0 Å². The zero-order chi connectivity index (χ0) is 19.5. The van der Waals surface area contributed by atoms with E-state index in [1.165, 1.54) is 0 Å². The summed E-state index contributed by atoms with van der Waals surface area (Å²) >= 11 is 6.10. The molecule has 3 aromatic carbocycles. The summed E-state index contributed by atoms with van der Waals surface area (Å²) in [6.45, 7) is 0. The van der Waals surface area contributed by atoms with Gasteiger partial charge in [0.25, 0.3) is 0 Å². The molecular weight excluding hydrogens is 374 g/mol. The van der Waals surface area contributed by atoms with Crippen LogP contribution in [-0.4, -0.2) is 17.9 Å². The number of methoxy groups -OCH3 is 1. The molecule has 0 saturated carbocycles. The van der Waals surface area contributed by atoms with E-state index in [9.17, 15) is 4.79 Å². The molecule has 5 heteroatoms. The van der Waals surface area contributed by atoms with Gasteiger partial charge in [0.15, 0.2) is 11.4 Å². The topological polar surface area (TPSA) is 52.3 Å². The summed E-state index contributed by atoms with van der Waals surface area (Å²) in [5, 5.41) is 0.586. The highest BCUT2D eigenvalue weighted by molar-refractivity contribution is 6.32. The van der Waals surface area contributed by atoms with Crippen LogP contribution in [0.15, 0.2) is 77.2 Å². The summed E-state index contributed by atoms with van der Waals surface area (Å²) in [6.07, 6.45) is 1.74. The molecule has 0 fully saturated rings. The largest absolute Gasteiger partial charge is 0.497 e. The number of halogens is 1. The lowest BCUT2D eigenvalue weighted by Gasteiger charge is -2.05. The van der Waals surface area contributed by atoms with Gasteiger partial charge in [-0.15, -0.1) is 0 Å². The van der Waals surface area contributed by atoms with Crippen molar-refractivity contribution in [3.05, 3.63) is 94.8 Å². The molecule has 0 saturated heterocycles. The molecule has 0 amide bonds. The number of rotatable bonds is 5. The van der Waals surface area contributed by atoms with E-state index in [0.29, 0.717) is 33.0 Å². The van der Waals surface area contributed by atoms with Crippen molar-refractivity contribution in [3.63, 3.8) is 0 Å². The number of carbonyl (C=O) groups excluding carboxylic acids is 1. The maximum absolute atomic E-state index is 13.3. The van der Waals surface area contributed by atoms with Crippen molar-refractivity contribution < 1.29 is 13.9 Å². The predicted molar refractivity (Wildman–Crippen MR) is 111 cm³/mol. The molecule has 1 aromatic heterocycles. The zero-order valence-electron chi connectivity index (χ0n) is 15.1. The first-order valence-electron chi connectivity index (χ1n) is 8.66. The van der Waals surface area contributed by atoms with Gasteiger partial charge < -0.3 is 9.15 Å². The van der Waals surface area contributed by atoms with Gasteiger partial charge in [-0.05, 0) is 60.2 Å². The Bertz CT molecular complexity index is 1140. The third-order valence-corrected chi connectivity index (χ3v) is 4.52. The van der Waals surface area contributed by atoms with Gasteiger partial charge in [-0.25, -0.2) is 4.98 Å². The van der Waals surface area contributed by atoms with Gasteiger partial charge in [0.05, 0.1) is 12.7 Å². The molecule has 4 rings (SSSR count). The van der Waals surface area contributed by atoms with Crippen LogP contribution < -0.4 is 4.74 Å². The van der Waals surface area contributed by atoms with E-state index in [4.69, 9.17) is 20.8 Å². The number of ketones is 1. The van der Waals surface area contributed by atoms with Crippen molar-refractivity contribution >= 4 is 40.1 Å². The van der Waals surface area contributed by atoms with E-state index < -0.39 is 0 Å². The van der Waals surface area contributed by atoms with Crippen molar-refractivity contribution in [2.75, 3.05) is 7.11 Å². The Morgan fingerprint density at radius 1 is 1.04 bits per heavy atom. The van der Waals surface area contributed by atoms with E-state index in [2.05, 4.69) is 4.98 Å². The van der Waals surface area contributed by atoms with Gasteiger partial charge in [-0.1, -0.05) is 35.9 Å². The van der Waals surface area contributed by atoms with Gasteiger partial charge in [-0.3, -0.25) is 4.79 Å². The highest BCUT2D eigenvalue weighted by Crippen LogP contribution is 2.27.